The molecule has 1 N–H and O–H groups in total. The normalized spacial score (nSPS) is 12.4. The lowest BCUT2D eigenvalue weighted by Gasteiger charge is -2.34. The summed E-state index contributed by atoms with van der Waals surface area (Å²) in [4.78, 5) is 30.1. The van der Waals surface area contributed by atoms with Crippen LogP contribution in [0.25, 0.3) is 0 Å². The maximum absolute atomic E-state index is 14.6. The summed E-state index contributed by atoms with van der Waals surface area (Å²) in [6.45, 7) is 3.36. The second-order valence-corrected chi connectivity index (χ2v) is 13.8. The number of amides is 2. The number of hydrogen-bond donors (Lipinski definition) is 1. The molecule has 0 bridgehead atoms. The first kappa shape index (κ1) is 35.5. The zero-order valence-electron chi connectivity index (χ0n) is 26.9. The van der Waals surface area contributed by atoms with Gasteiger partial charge in [-0.3, -0.25) is 13.9 Å². The van der Waals surface area contributed by atoms with Crippen molar-refractivity contribution in [1.82, 2.24) is 10.2 Å². The van der Waals surface area contributed by atoms with Crippen LogP contribution in [0.3, 0.4) is 0 Å². The van der Waals surface area contributed by atoms with Crippen molar-refractivity contribution >= 4 is 43.5 Å². The topological polar surface area (TPSA) is 105 Å². The molecule has 2 atom stereocenters. The summed E-state index contributed by atoms with van der Waals surface area (Å²) in [5.74, 6) is -0.179. The molecule has 0 saturated carbocycles. The third-order valence-corrected chi connectivity index (χ3v) is 10.1. The quantitative estimate of drug-likeness (QED) is 0.156. The molecule has 0 aliphatic heterocycles. The van der Waals surface area contributed by atoms with Gasteiger partial charge in [0.05, 0.1) is 24.8 Å². The Kier molecular flexibility index (Phi) is 12.4. The molecule has 0 spiro atoms. The lowest BCUT2D eigenvalue weighted by molar-refractivity contribution is -0.140. The number of benzene rings is 4. The van der Waals surface area contributed by atoms with Crippen molar-refractivity contribution < 1.29 is 27.5 Å². The van der Waals surface area contributed by atoms with Gasteiger partial charge >= 0.3 is 0 Å². The van der Waals surface area contributed by atoms with Crippen LogP contribution in [0.2, 0.25) is 0 Å². The molecular weight excluding hydrogens is 682 g/mol. The van der Waals surface area contributed by atoms with Crippen LogP contribution < -0.4 is 19.1 Å². The number of carbonyl (C=O) groups excluding carboxylic acids is 2. The van der Waals surface area contributed by atoms with Crippen molar-refractivity contribution in [2.45, 2.75) is 50.2 Å². The summed E-state index contributed by atoms with van der Waals surface area (Å²) < 4.78 is 41.2. The number of nitrogens with zero attached hydrogens (tertiary/aromatic N) is 2. The molecule has 0 saturated heterocycles. The van der Waals surface area contributed by atoms with E-state index in [-0.39, 0.29) is 35.5 Å². The van der Waals surface area contributed by atoms with E-state index in [0.29, 0.717) is 17.9 Å². The van der Waals surface area contributed by atoms with E-state index in [1.165, 1.54) is 37.3 Å². The van der Waals surface area contributed by atoms with Crippen LogP contribution in [0.15, 0.2) is 112 Å². The van der Waals surface area contributed by atoms with Crippen LogP contribution in [0.5, 0.6) is 11.5 Å². The van der Waals surface area contributed by atoms with Gasteiger partial charge in [0.25, 0.3) is 10.0 Å². The maximum Gasteiger partial charge on any atom is 0.264 e. The van der Waals surface area contributed by atoms with E-state index in [2.05, 4.69) is 21.2 Å². The van der Waals surface area contributed by atoms with Gasteiger partial charge in [-0.25, -0.2) is 8.42 Å². The molecule has 2 unspecified atom stereocenters. The Morgan fingerprint density at radius 2 is 1.47 bits per heavy atom. The number of hydrogen-bond acceptors (Lipinski definition) is 6. The summed E-state index contributed by atoms with van der Waals surface area (Å²) in [5.41, 5.74) is 1.83. The summed E-state index contributed by atoms with van der Waals surface area (Å²) in [6.07, 6.45) is 0.927. The Morgan fingerprint density at radius 1 is 0.830 bits per heavy atom. The zero-order valence-corrected chi connectivity index (χ0v) is 29.3. The Hall–Kier alpha value is -4.35. The molecule has 0 heterocycles. The van der Waals surface area contributed by atoms with Crippen molar-refractivity contribution in [2.24, 2.45) is 0 Å². The highest BCUT2D eigenvalue weighted by Crippen LogP contribution is 2.34. The largest absolute Gasteiger partial charge is 0.493 e. The number of rotatable bonds is 15. The maximum atomic E-state index is 14.6. The molecule has 248 valence electrons. The smallest absolute Gasteiger partial charge is 0.264 e. The molecule has 9 nitrogen and oxygen atoms in total. The first-order valence-corrected chi connectivity index (χ1v) is 17.5. The Balaban J connectivity index is 1.84. The number of carbonyl (C=O) groups is 2. The fourth-order valence-corrected chi connectivity index (χ4v) is 6.93. The number of methoxy groups -OCH3 is 2. The third-order valence-electron chi connectivity index (χ3n) is 7.78. The summed E-state index contributed by atoms with van der Waals surface area (Å²) in [5, 5.41) is 3.05. The summed E-state index contributed by atoms with van der Waals surface area (Å²) >= 11 is 3.51. The summed E-state index contributed by atoms with van der Waals surface area (Å²) in [7, 11) is -1.32. The second kappa shape index (κ2) is 16.5. The van der Waals surface area contributed by atoms with Gasteiger partial charge in [-0.05, 0) is 60.9 Å². The van der Waals surface area contributed by atoms with E-state index < -0.39 is 28.5 Å². The van der Waals surface area contributed by atoms with Crippen LogP contribution in [-0.2, 0) is 32.6 Å². The van der Waals surface area contributed by atoms with Gasteiger partial charge in [-0.15, -0.1) is 0 Å². The fraction of sp³-hybridized carbons (Fsp3) is 0.278. The van der Waals surface area contributed by atoms with Crippen molar-refractivity contribution in [3.63, 3.8) is 0 Å². The highest BCUT2D eigenvalue weighted by atomic mass is 79.9. The van der Waals surface area contributed by atoms with Gasteiger partial charge in [0.2, 0.25) is 11.8 Å². The van der Waals surface area contributed by atoms with Gasteiger partial charge in [0.15, 0.2) is 11.5 Å². The first-order valence-electron chi connectivity index (χ1n) is 15.2. The van der Waals surface area contributed by atoms with E-state index >= 15 is 0 Å². The number of nitrogens with one attached hydrogen (secondary N) is 1. The average molecular weight is 723 g/mol. The molecule has 4 aromatic carbocycles. The Morgan fingerprint density at radius 3 is 2.09 bits per heavy atom. The molecule has 0 aliphatic carbocycles. The van der Waals surface area contributed by atoms with Crippen molar-refractivity contribution in [1.29, 1.82) is 0 Å². The minimum Gasteiger partial charge on any atom is -0.493 e. The zero-order chi connectivity index (χ0) is 34.0. The van der Waals surface area contributed by atoms with Crippen molar-refractivity contribution in [3.8, 4) is 11.5 Å². The molecule has 4 rings (SSSR count). The highest BCUT2D eigenvalue weighted by Gasteiger charge is 2.35. The standard InChI is InChI=1S/C36H40BrN3O6S/c1-5-26(2)38-36(42)32(22-27-13-8-6-9-14-27)39(24-28-15-12-16-29(37)21-28)35(41)25-40(47(43,44)31-17-10-7-11-18-31)30-19-20-33(45-3)34(23-30)46-4/h6-21,23,26,32H,5,22,24-25H2,1-4H3,(H,38,42). The van der Waals surface area contributed by atoms with Crippen molar-refractivity contribution in [2.75, 3.05) is 25.1 Å². The highest BCUT2D eigenvalue weighted by molar-refractivity contribution is 9.10. The molecule has 2 amide bonds. The third kappa shape index (κ3) is 9.14. The second-order valence-electron chi connectivity index (χ2n) is 11.0. The van der Waals surface area contributed by atoms with Crippen LogP contribution >= 0.6 is 15.9 Å². The van der Waals surface area contributed by atoms with E-state index in [9.17, 15) is 18.0 Å². The van der Waals surface area contributed by atoms with Crippen LogP contribution in [0.4, 0.5) is 5.69 Å². The molecule has 4 aromatic rings. The predicted molar refractivity (Wildman–Crippen MR) is 187 cm³/mol. The van der Waals surface area contributed by atoms with E-state index in [1.807, 2.05) is 68.4 Å². The van der Waals surface area contributed by atoms with Gasteiger partial charge in [0.1, 0.15) is 12.6 Å². The van der Waals surface area contributed by atoms with E-state index in [0.717, 1.165) is 19.9 Å². The van der Waals surface area contributed by atoms with Gasteiger partial charge in [-0.1, -0.05) is 83.5 Å². The average Bonchev–Trinajstić information content (AvgIpc) is 3.08. The molecule has 0 aromatic heterocycles. The predicted octanol–water partition coefficient (Wildman–Crippen LogP) is 6.22. The first-order chi connectivity index (χ1) is 22.6. The molecule has 47 heavy (non-hydrogen) atoms. The molecule has 11 heteroatoms. The summed E-state index contributed by atoms with van der Waals surface area (Å²) in [6, 6.07) is 28.4. The number of sulfonamides is 1. The molecule has 0 radical (unpaired) electrons. The fourth-order valence-electron chi connectivity index (χ4n) is 5.06. The lowest BCUT2D eigenvalue weighted by atomic mass is 10.0. The number of anilines is 1. The van der Waals surface area contributed by atoms with E-state index in [4.69, 9.17) is 9.47 Å². The lowest BCUT2D eigenvalue weighted by Crippen LogP contribution is -2.54. The SMILES string of the molecule is CCC(C)NC(=O)C(Cc1ccccc1)N(Cc1cccc(Br)c1)C(=O)CN(c1ccc(OC)c(OC)c1)S(=O)(=O)c1ccccc1. The Labute approximate surface area is 285 Å². The monoisotopic (exact) mass is 721 g/mol. The minimum atomic E-state index is -4.25. The number of ether oxygens (including phenoxy) is 2. The van der Waals surface area contributed by atoms with Crippen molar-refractivity contribution in [3.05, 3.63) is 119 Å². The van der Waals surface area contributed by atoms with Gasteiger partial charge in [0, 0.05) is 29.5 Å². The molecule has 0 aliphatic rings. The van der Waals surface area contributed by atoms with Crippen LogP contribution in [-0.4, -0.2) is 58.0 Å². The number of halogens is 1. The molecule has 0 fully saturated rings. The van der Waals surface area contributed by atoms with E-state index in [1.54, 1.807) is 30.3 Å². The van der Waals surface area contributed by atoms with Crippen LogP contribution in [0.1, 0.15) is 31.4 Å². The van der Waals surface area contributed by atoms with Gasteiger partial charge in [-0.2, -0.15) is 0 Å². The Bertz CT molecular complexity index is 1760. The van der Waals surface area contributed by atoms with Crippen LogP contribution in [0, 0.1) is 0 Å². The minimum absolute atomic E-state index is 0.0106. The molecular formula is C36H40BrN3O6S. The van der Waals surface area contributed by atoms with Gasteiger partial charge < -0.3 is 19.7 Å².